The molecule has 0 aliphatic carbocycles. The van der Waals surface area contributed by atoms with E-state index in [0.717, 1.165) is 0 Å². The number of aromatic hydroxyl groups is 2. The number of nitrogens with zero attached hydrogens (tertiary/aromatic N) is 2. The third kappa shape index (κ3) is 5.82. The number of carbonyl (C=O) groups is 6. The molecule has 0 saturated carbocycles. The number of hydrogen-bond donors (Lipinski definition) is 7. The van der Waals surface area contributed by atoms with Gasteiger partial charge < -0.3 is 46.8 Å². The largest absolute Gasteiger partial charge is 0.508 e. The molecule has 0 radical (unpaired) electrons. The highest BCUT2D eigenvalue weighted by atomic mass is 32.2. The van der Waals surface area contributed by atoms with Crippen LogP contribution in [-0.4, -0.2) is 105 Å². The van der Waals surface area contributed by atoms with Crippen molar-refractivity contribution < 1.29 is 44.1 Å². The van der Waals surface area contributed by atoms with Crippen molar-refractivity contribution in [1.29, 1.82) is 0 Å². The molecule has 17 heteroatoms. The van der Waals surface area contributed by atoms with Crippen LogP contribution in [0.2, 0.25) is 0 Å². The van der Waals surface area contributed by atoms with Gasteiger partial charge in [0.25, 0.3) is 0 Å². The molecular weight excluding hydrogens is 677 g/mol. The Bertz CT molecular complexity index is 1740. The van der Waals surface area contributed by atoms with Gasteiger partial charge in [-0.25, -0.2) is 4.79 Å². The highest BCUT2D eigenvalue weighted by Crippen LogP contribution is 2.52. The zero-order chi connectivity index (χ0) is 35.7. The van der Waals surface area contributed by atoms with Crippen LogP contribution >= 0.6 is 23.5 Å². The number of β-lactam (4-membered cyclic amide) rings is 2. The van der Waals surface area contributed by atoms with Crippen molar-refractivity contribution in [3.05, 3.63) is 59.7 Å². The van der Waals surface area contributed by atoms with Crippen molar-refractivity contribution in [2.24, 2.45) is 5.73 Å². The molecule has 0 aromatic heterocycles. The molecule has 8 atom stereocenters. The third-order valence-electron chi connectivity index (χ3n) is 9.27. The molecule has 2 aromatic carbocycles. The Hall–Kier alpha value is -4.48. The normalized spacial score (nSPS) is 28.7. The minimum atomic E-state index is -1.35. The molecular formula is C32H36N6O9S2. The summed E-state index contributed by atoms with van der Waals surface area (Å²) in [4.78, 5) is 81.8. The molecule has 8 N–H and O–H groups in total. The van der Waals surface area contributed by atoms with E-state index in [0.29, 0.717) is 11.1 Å². The van der Waals surface area contributed by atoms with Crippen LogP contribution in [0.5, 0.6) is 11.5 Å². The topological polar surface area (TPSA) is 232 Å². The average Bonchev–Trinajstić information content (AvgIpc) is 3.45. The number of hydrogen-bond acceptors (Lipinski definition) is 11. The Labute approximate surface area is 289 Å². The van der Waals surface area contributed by atoms with Crippen molar-refractivity contribution in [2.45, 2.75) is 84.2 Å². The molecule has 6 rings (SSSR count). The molecule has 4 aliphatic rings. The number of amides is 5. The first-order valence-electron chi connectivity index (χ1n) is 15.4. The summed E-state index contributed by atoms with van der Waals surface area (Å²) in [6, 6.07) is 4.78. The molecule has 4 aliphatic heterocycles. The smallest absolute Gasteiger partial charge is 0.327 e. The Morgan fingerprint density at radius 1 is 0.735 bits per heavy atom. The first-order valence-corrected chi connectivity index (χ1v) is 17.2. The van der Waals surface area contributed by atoms with Gasteiger partial charge in [-0.15, -0.1) is 23.5 Å². The summed E-state index contributed by atoms with van der Waals surface area (Å²) >= 11 is 2.57. The predicted octanol–water partition coefficient (Wildman–Crippen LogP) is 0.134. The van der Waals surface area contributed by atoms with E-state index in [-0.39, 0.29) is 11.5 Å². The predicted molar refractivity (Wildman–Crippen MR) is 178 cm³/mol. The van der Waals surface area contributed by atoms with E-state index in [1.165, 1.54) is 81.9 Å². The Kier molecular flexibility index (Phi) is 8.52. The van der Waals surface area contributed by atoms with Crippen LogP contribution in [-0.2, 0) is 28.8 Å². The Morgan fingerprint density at radius 2 is 1.16 bits per heavy atom. The minimum Gasteiger partial charge on any atom is -0.508 e. The molecule has 4 saturated heterocycles. The highest BCUT2D eigenvalue weighted by Gasteiger charge is 2.65. The molecule has 5 amide bonds. The Balaban J connectivity index is 1.17. The number of carboxylic acids is 1. The molecule has 2 aromatic rings. The maximum Gasteiger partial charge on any atom is 0.327 e. The summed E-state index contributed by atoms with van der Waals surface area (Å²) in [5, 5.41) is 36.0. The summed E-state index contributed by atoms with van der Waals surface area (Å²) in [6.07, 6.45) is 0. The fraction of sp³-hybridized carbons (Fsp3) is 0.438. The van der Waals surface area contributed by atoms with Gasteiger partial charge >= 0.3 is 5.97 Å². The molecule has 260 valence electrons. The van der Waals surface area contributed by atoms with Gasteiger partial charge in [0.05, 0.1) is 0 Å². The zero-order valence-electron chi connectivity index (χ0n) is 26.8. The number of fused-ring (bicyclic) bond motifs is 2. The molecule has 0 unspecified atom stereocenters. The van der Waals surface area contributed by atoms with Crippen LogP contribution in [0.25, 0.3) is 0 Å². The van der Waals surface area contributed by atoms with Crippen LogP contribution in [0, 0.1) is 0 Å². The van der Waals surface area contributed by atoms with Crippen molar-refractivity contribution in [3.8, 4) is 11.5 Å². The number of rotatable bonds is 9. The van der Waals surface area contributed by atoms with Crippen molar-refractivity contribution in [1.82, 2.24) is 25.8 Å². The summed E-state index contributed by atoms with van der Waals surface area (Å²) in [7, 11) is 0. The monoisotopic (exact) mass is 712 g/mol. The summed E-state index contributed by atoms with van der Waals surface area (Å²) in [6.45, 7) is 6.96. The average molecular weight is 713 g/mol. The highest BCUT2D eigenvalue weighted by molar-refractivity contribution is 8.02. The van der Waals surface area contributed by atoms with Gasteiger partial charge in [0.2, 0.25) is 29.5 Å². The standard InChI is InChI=1S/C32H36N6O9S2/c1-31(2)21(37-26(44)19(28(37)48-31)35-23(41)17(33)13-5-9-15(39)10-6-13)25(43)34-18(14-7-11-16(40)12-8-14)24(42)36-20-27(45)38-22(30(46)47)32(3,4)49-29(20)38/h5-12,17-22,28-29,39-40H,33H2,1-4H3,(H,34,43)(H,35,41)(H,36,42)(H,46,47)/t17-,18-,19-,20-,21+,22+,28-,29-/m1/s1. The lowest BCUT2D eigenvalue weighted by Crippen LogP contribution is -2.72. The van der Waals surface area contributed by atoms with Crippen LogP contribution in [0.1, 0.15) is 50.9 Å². The third-order valence-corrected chi connectivity index (χ3v) is 12.4. The van der Waals surface area contributed by atoms with E-state index in [1.54, 1.807) is 27.7 Å². The quantitative estimate of drug-likeness (QED) is 0.172. The first-order chi connectivity index (χ1) is 22.9. The molecule has 0 spiro atoms. The lowest BCUT2D eigenvalue weighted by molar-refractivity contribution is -0.161. The number of carbonyl (C=O) groups excluding carboxylic acids is 5. The second-order valence-corrected chi connectivity index (χ2v) is 17.0. The van der Waals surface area contributed by atoms with Crippen molar-refractivity contribution in [2.75, 3.05) is 0 Å². The van der Waals surface area contributed by atoms with Gasteiger partial charge in [-0.1, -0.05) is 24.3 Å². The number of phenolic OH excluding ortho intramolecular Hbond substituents is 2. The van der Waals surface area contributed by atoms with Crippen LogP contribution in [0.15, 0.2) is 48.5 Å². The lowest BCUT2D eigenvalue weighted by atomic mass is 9.93. The lowest BCUT2D eigenvalue weighted by Gasteiger charge is -2.45. The van der Waals surface area contributed by atoms with Crippen LogP contribution in [0.3, 0.4) is 0 Å². The minimum absolute atomic E-state index is 0.00844. The second-order valence-electron chi connectivity index (χ2n) is 13.4. The summed E-state index contributed by atoms with van der Waals surface area (Å²) in [5.41, 5.74) is 6.82. The van der Waals surface area contributed by atoms with Gasteiger partial charge in [-0.2, -0.15) is 0 Å². The number of phenols is 2. The van der Waals surface area contributed by atoms with Gasteiger partial charge in [0, 0.05) is 9.49 Å². The van der Waals surface area contributed by atoms with E-state index in [4.69, 9.17) is 5.73 Å². The molecule has 15 nitrogen and oxygen atoms in total. The van der Waals surface area contributed by atoms with Gasteiger partial charge in [-0.05, 0) is 63.1 Å². The molecule has 49 heavy (non-hydrogen) atoms. The molecule has 4 heterocycles. The van der Waals surface area contributed by atoms with Gasteiger partial charge in [0.1, 0.15) is 58.5 Å². The van der Waals surface area contributed by atoms with Crippen LogP contribution in [0.4, 0.5) is 0 Å². The van der Waals surface area contributed by atoms with E-state index in [2.05, 4.69) is 16.0 Å². The fourth-order valence-electron chi connectivity index (χ4n) is 6.82. The number of nitrogens with one attached hydrogen (secondary N) is 3. The Morgan fingerprint density at radius 3 is 1.65 bits per heavy atom. The van der Waals surface area contributed by atoms with Crippen molar-refractivity contribution in [3.63, 3.8) is 0 Å². The fourth-order valence-corrected chi connectivity index (χ4v) is 10.1. The second kappa shape index (κ2) is 12.1. The van der Waals surface area contributed by atoms with Gasteiger partial charge in [0.15, 0.2) is 0 Å². The summed E-state index contributed by atoms with van der Waals surface area (Å²) < 4.78 is -1.67. The summed E-state index contributed by atoms with van der Waals surface area (Å²) in [5.74, 6) is -4.28. The van der Waals surface area contributed by atoms with E-state index in [9.17, 15) is 44.1 Å². The van der Waals surface area contributed by atoms with Gasteiger partial charge in [-0.3, -0.25) is 24.0 Å². The zero-order valence-corrected chi connectivity index (χ0v) is 28.5. The maximum atomic E-state index is 14.0. The molecule has 0 bridgehead atoms. The van der Waals surface area contributed by atoms with E-state index < -0.39 is 92.0 Å². The maximum absolute atomic E-state index is 14.0. The first kappa shape index (κ1) is 34.4. The number of aliphatic carboxylic acids is 1. The van der Waals surface area contributed by atoms with E-state index in [1.807, 2.05) is 0 Å². The number of carboxylic acid groups (broad SMARTS) is 1. The number of thioether (sulfide) groups is 2. The SMILES string of the molecule is CC1(C)S[C@@H]2[C@H](NC(=O)[C@H](NC(=O)[C@@H]3N4C(=O)[C@@H](NC(=O)[C@H](N)c5ccc(O)cc5)[C@H]4SC3(C)C)c3ccc(O)cc3)C(=O)N2[C@H]1C(=O)O. The van der Waals surface area contributed by atoms with Crippen LogP contribution < -0.4 is 21.7 Å². The molecule has 4 fully saturated rings. The van der Waals surface area contributed by atoms with E-state index >= 15 is 0 Å². The number of benzene rings is 2. The number of nitrogens with two attached hydrogens (primary N) is 1. The van der Waals surface area contributed by atoms with Crippen molar-refractivity contribution >= 4 is 59.0 Å².